The number of aromatic nitrogens is 1. The number of hydrogen-bond acceptors (Lipinski definition) is 7. The van der Waals surface area contributed by atoms with E-state index in [1.165, 1.54) is 13.3 Å². The van der Waals surface area contributed by atoms with Crippen molar-refractivity contribution in [3.8, 4) is 11.5 Å². The first-order chi connectivity index (χ1) is 15.2. The molecule has 1 aromatic heterocycles. The first-order valence-electron chi connectivity index (χ1n) is 10.0. The number of nitrogens with one attached hydrogen (secondary N) is 1. The number of pyridine rings is 1. The molecule has 3 rings (SSSR count). The maximum absolute atomic E-state index is 12.7. The molecule has 1 unspecified atom stereocenters. The molecule has 2 N–H and O–H groups in total. The highest BCUT2D eigenvalue weighted by molar-refractivity contribution is 6.00. The summed E-state index contributed by atoms with van der Waals surface area (Å²) in [6.07, 6.45) is 0.107. The van der Waals surface area contributed by atoms with Gasteiger partial charge in [0.05, 0.1) is 0 Å². The van der Waals surface area contributed by atoms with Gasteiger partial charge in [-0.25, -0.2) is 4.98 Å². The summed E-state index contributed by atoms with van der Waals surface area (Å²) in [5.74, 6) is 0.0391. The van der Waals surface area contributed by atoms with Crippen molar-refractivity contribution < 1.29 is 28.9 Å². The third kappa shape index (κ3) is 5.81. The molecule has 0 saturated carbocycles. The average molecular weight is 438 g/mol. The minimum absolute atomic E-state index is 0.0489. The summed E-state index contributed by atoms with van der Waals surface area (Å²) in [5, 5.41) is 14.1. The molecule has 0 aliphatic carbocycles. The Morgan fingerprint density at radius 1 is 1.09 bits per heavy atom. The van der Waals surface area contributed by atoms with Crippen LogP contribution in [-0.4, -0.2) is 41.2 Å². The Kier molecular flexibility index (Phi) is 7.07. The second kappa shape index (κ2) is 9.76. The van der Waals surface area contributed by atoms with Gasteiger partial charge in [0, 0.05) is 24.3 Å². The van der Waals surface area contributed by atoms with Gasteiger partial charge in [-0.1, -0.05) is 24.3 Å². The third-order valence-electron chi connectivity index (χ3n) is 4.38. The van der Waals surface area contributed by atoms with E-state index in [1.807, 2.05) is 30.3 Å². The second-order valence-corrected chi connectivity index (χ2v) is 8.04. The largest absolute Gasteiger partial charge is 0.459 e. The van der Waals surface area contributed by atoms with E-state index >= 15 is 0 Å². The molecule has 0 radical (unpaired) electrons. The number of para-hydroxylation sites is 1. The Hall–Kier alpha value is -3.49. The van der Waals surface area contributed by atoms with Crippen molar-refractivity contribution in [2.45, 2.75) is 32.7 Å². The van der Waals surface area contributed by atoms with Gasteiger partial charge in [-0.15, -0.1) is 0 Å². The van der Waals surface area contributed by atoms with Crippen molar-refractivity contribution in [1.29, 1.82) is 0 Å². The molecule has 8 nitrogen and oxygen atoms in total. The number of carbonyl (C=O) groups is 2. The topological polar surface area (TPSA) is 107 Å². The monoisotopic (exact) mass is 438 g/mol. The van der Waals surface area contributed by atoms with Gasteiger partial charge in [-0.2, -0.15) is 0 Å². The molecule has 0 fully saturated rings. The molecule has 32 heavy (non-hydrogen) atoms. The van der Waals surface area contributed by atoms with Gasteiger partial charge in [0.15, 0.2) is 6.29 Å². The number of carbonyl (C=O) groups excluding carboxylic acids is 2. The molecule has 0 saturated heterocycles. The van der Waals surface area contributed by atoms with Crippen molar-refractivity contribution in [3.05, 3.63) is 66.0 Å². The first kappa shape index (κ1) is 23.2. The van der Waals surface area contributed by atoms with Crippen LogP contribution in [0, 0.1) is 0 Å². The number of benzene rings is 2. The smallest absolute Gasteiger partial charge is 0.325 e. The number of methoxy groups -OCH3 is 1. The van der Waals surface area contributed by atoms with Crippen LogP contribution >= 0.6 is 0 Å². The average Bonchev–Trinajstić information content (AvgIpc) is 2.75. The van der Waals surface area contributed by atoms with Gasteiger partial charge in [-0.05, 0) is 50.4 Å². The zero-order valence-corrected chi connectivity index (χ0v) is 18.4. The van der Waals surface area contributed by atoms with Crippen LogP contribution < -0.4 is 10.1 Å². The van der Waals surface area contributed by atoms with E-state index in [0.717, 1.165) is 0 Å². The van der Waals surface area contributed by atoms with Crippen LogP contribution in [0.3, 0.4) is 0 Å². The molecule has 1 heterocycles. The molecule has 8 heteroatoms. The summed E-state index contributed by atoms with van der Waals surface area (Å²) in [4.78, 5) is 28.9. The van der Waals surface area contributed by atoms with E-state index in [2.05, 4.69) is 10.3 Å². The van der Waals surface area contributed by atoms with Crippen LogP contribution in [0.1, 0.15) is 43.1 Å². The lowest BCUT2D eigenvalue weighted by Gasteiger charge is -2.20. The molecule has 1 atom stereocenters. The standard InChI is InChI=1S/C24H26N2O6/c1-24(2,3)32-19(27)14-26-22(28)21-20(23(29)30-4)18-11-10-17(12-15(18)13-25-21)31-16-8-6-5-7-9-16/h5-13,23,29H,14H2,1-4H3,(H,26,28). The highest BCUT2D eigenvalue weighted by atomic mass is 16.6. The zero-order chi connectivity index (χ0) is 23.3. The Morgan fingerprint density at radius 3 is 2.47 bits per heavy atom. The zero-order valence-electron chi connectivity index (χ0n) is 18.4. The molecule has 0 spiro atoms. The molecule has 0 bridgehead atoms. The van der Waals surface area contributed by atoms with Crippen LogP contribution in [0.15, 0.2) is 54.7 Å². The normalized spacial score (nSPS) is 12.3. The van der Waals surface area contributed by atoms with Crippen LogP contribution in [0.2, 0.25) is 0 Å². The number of aliphatic hydroxyl groups is 1. The van der Waals surface area contributed by atoms with Crippen LogP contribution in [-0.2, 0) is 14.3 Å². The van der Waals surface area contributed by atoms with Gasteiger partial charge < -0.3 is 24.6 Å². The molecule has 2 aromatic carbocycles. The summed E-state index contributed by atoms with van der Waals surface area (Å²) in [6.45, 7) is 4.88. The van der Waals surface area contributed by atoms with Crippen LogP contribution in [0.25, 0.3) is 10.8 Å². The number of hydrogen-bond donors (Lipinski definition) is 2. The summed E-state index contributed by atoms with van der Waals surface area (Å²) in [6, 6.07) is 14.5. The predicted octanol–water partition coefficient (Wildman–Crippen LogP) is 3.74. The molecular formula is C24H26N2O6. The molecule has 168 valence electrons. The second-order valence-electron chi connectivity index (χ2n) is 8.04. The third-order valence-corrected chi connectivity index (χ3v) is 4.38. The van der Waals surface area contributed by atoms with Gasteiger partial charge in [0.2, 0.25) is 0 Å². The summed E-state index contributed by atoms with van der Waals surface area (Å²) >= 11 is 0. The fourth-order valence-electron chi connectivity index (χ4n) is 3.07. The van der Waals surface area contributed by atoms with Crippen molar-refractivity contribution in [3.63, 3.8) is 0 Å². The van der Waals surface area contributed by atoms with E-state index in [9.17, 15) is 14.7 Å². The number of aliphatic hydroxyl groups excluding tert-OH is 1. The lowest BCUT2D eigenvalue weighted by atomic mass is 10.0. The lowest BCUT2D eigenvalue weighted by molar-refractivity contribution is -0.153. The van der Waals surface area contributed by atoms with Crippen LogP contribution in [0.4, 0.5) is 0 Å². The Bertz CT molecular complexity index is 1110. The Labute approximate surface area is 186 Å². The fourth-order valence-corrected chi connectivity index (χ4v) is 3.07. The lowest BCUT2D eigenvalue weighted by Crippen LogP contribution is -2.35. The minimum Gasteiger partial charge on any atom is -0.459 e. The van der Waals surface area contributed by atoms with Crippen molar-refractivity contribution in [2.24, 2.45) is 0 Å². The predicted molar refractivity (Wildman–Crippen MR) is 118 cm³/mol. The maximum atomic E-state index is 12.7. The van der Waals surface area contributed by atoms with Gasteiger partial charge in [0.1, 0.15) is 29.3 Å². The van der Waals surface area contributed by atoms with Gasteiger partial charge in [-0.3, -0.25) is 9.59 Å². The van der Waals surface area contributed by atoms with Gasteiger partial charge in [0.25, 0.3) is 5.91 Å². The molecule has 0 aliphatic rings. The van der Waals surface area contributed by atoms with Crippen molar-refractivity contribution in [2.75, 3.05) is 13.7 Å². The summed E-state index contributed by atoms with van der Waals surface area (Å²) in [7, 11) is 1.32. The number of esters is 1. The highest BCUT2D eigenvalue weighted by Gasteiger charge is 2.24. The summed E-state index contributed by atoms with van der Waals surface area (Å²) in [5.41, 5.74) is -0.523. The number of amides is 1. The minimum atomic E-state index is -1.39. The van der Waals surface area contributed by atoms with Crippen LogP contribution in [0.5, 0.6) is 11.5 Å². The van der Waals surface area contributed by atoms with E-state index in [4.69, 9.17) is 14.2 Å². The van der Waals surface area contributed by atoms with E-state index in [1.54, 1.807) is 39.0 Å². The Morgan fingerprint density at radius 2 is 1.81 bits per heavy atom. The quantitative estimate of drug-likeness (QED) is 0.427. The maximum Gasteiger partial charge on any atom is 0.325 e. The highest BCUT2D eigenvalue weighted by Crippen LogP contribution is 2.31. The van der Waals surface area contributed by atoms with E-state index in [-0.39, 0.29) is 17.8 Å². The van der Waals surface area contributed by atoms with E-state index in [0.29, 0.717) is 22.3 Å². The number of fused-ring (bicyclic) bond motifs is 1. The molecular weight excluding hydrogens is 412 g/mol. The molecule has 3 aromatic rings. The Balaban J connectivity index is 1.88. The first-order valence-corrected chi connectivity index (χ1v) is 10.0. The van der Waals surface area contributed by atoms with E-state index < -0.39 is 23.8 Å². The fraction of sp³-hybridized carbons (Fsp3) is 0.292. The molecule has 1 amide bonds. The van der Waals surface area contributed by atoms with Crippen molar-refractivity contribution >= 4 is 22.6 Å². The number of nitrogens with zero attached hydrogens (tertiary/aromatic N) is 1. The molecule has 0 aliphatic heterocycles. The van der Waals surface area contributed by atoms with Gasteiger partial charge >= 0.3 is 5.97 Å². The summed E-state index contributed by atoms with van der Waals surface area (Å²) < 4.78 is 16.1. The SMILES string of the molecule is COC(O)c1c(C(=O)NCC(=O)OC(C)(C)C)ncc2cc(Oc3ccccc3)ccc12. The number of rotatable bonds is 7. The number of ether oxygens (including phenoxy) is 3. The van der Waals surface area contributed by atoms with Crippen molar-refractivity contribution in [1.82, 2.24) is 10.3 Å².